The minimum absolute atomic E-state index is 0.540. The van der Waals surface area contributed by atoms with Gasteiger partial charge in [-0.25, -0.2) is 0 Å². The molecule has 2 heteroatoms. The minimum Gasteiger partial charge on any atom is -0.255 e. The Bertz CT molecular complexity index is 550. The molecule has 0 bridgehead atoms. The van der Waals surface area contributed by atoms with Crippen molar-refractivity contribution in [1.82, 2.24) is 4.98 Å². The highest BCUT2D eigenvalue weighted by Crippen LogP contribution is 2.22. The van der Waals surface area contributed by atoms with Crippen molar-refractivity contribution < 1.29 is 0 Å². The zero-order valence-corrected chi connectivity index (χ0v) is 9.57. The van der Waals surface area contributed by atoms with Gasteiger partial charge in [0.05, 0.1) is 11.1 Å². The van der Waals surface area contributed by atoms with Gasteiger partial charge in [0, 0.05) is 11.6 Å². The Labute approximate surface area is 95.6 Å². The van der Waals surface area contributed by atoms with Crippen LogP contribution in [0, 0.1) is 17.2 Å². The molecule has 0 saturated heterocycles. The first-order valence-corrected chi connectivity index (χ1v) is 5.49. The normalized spacial score (nSPS) is 10.6. The van der Waals surface area contributed by atoms with Gasteiger partial charge in [-0.3, -0.25) is 4.98 Å². The van der Waals surface area contributed by atoms with E-state index in [0.717, 1.165) is 22.9 Å². The molecule has 1 aromatic heterocycles. The summed E-state index contributed by atoms with van der Waals surface area (Å²) in [5, 5.41) is 10.2. The van der Waals surface area contributed by atoms with Gasteiger partial charge in [-0.1, -0.05) is 32.0 Å². The number of benzene rings is 1. The fourth-order valence-electron chi connectivity index (χ4n) is 1.92. The molecule has 0 spiro atoms. The molecule has 16 heavy (non-hydrogen) atoms. The summed E-state index contributed by atoms with van der Waals surface area (Å²) in [7, 11) is 0. The summed E-state index contributed by atoms with van der Waals surface area (Å²) in [6, 6.07) is 10.2. The van der Waals surface area contributed by atoms with E-state index in [1.807, 2.05) is 24.3 Å². The predicted octanol–water partition coefficient (Wildman–Crippen LogP) is 3.30. The van der Waals surface area contributed by atoms with Gasteiger partial charge in [0.1, 0.15) is 6.07 Å². The summed E-state index contributed by atoms with van der Waals surface area (Å²) in [4.78, 5) is 4.30. The van der Waals surface area contributed by atoms with Crippen molar-refractivity contribution in [3.8, 4) is 6.07 Å². The first-order chi connectivity index (χ1) is 7.72. The highest BCUT2D eigenvalue weighted by atomic mass is 14.7. The lowest BCUT2D eigenvalue weighted by Crippen LogP contribution is -1.99. The number of para-hydroxylation sites is 1. The highest BCUT2D eigenvalue weighted by Gasteiger charge is 2.09. The third kappa shape index (κ3) is 1.90. The van der Waals surface area contributed by atoms with Crippen molar-refractivity contribution in [2.45, 2.75) is 20.3 Å². The smallest absolute Gasteiger partial charge is 0.101 e. The van der Waals surface area contributed by atoms with Gasteiger partial charge in [-0.15, -0.1) is 0 Å². The van der Waals surface area contributed by atoms with E-state index in [1.54, 1.807) is 6.20 Å². The summed E-state index contributed by atoms with van der Waals surface area (Å²) in [6.45, 7) is 4.33. The Hall–Kier alpha value is -1.88. The van der Waals surface area contributed by atoms with E-state index >= 15 is 0 Å². The molecule has 80 valence electrons. The first-order valence-electron chi connectivity index (χ1n) is 5.49. The topological polar surface area (TPSA) is 36.7 Å². The number of hydrogen-bond acceptors (Lipinski definition) is 2. The van der Waals surface area contributed by atoms with Gasteiger partial charge in [0.2, 0.25) is 0 Å². The summed E-state index contributed by atoms with van der Waals surface area (Å²) >= 11 is 0. The maximum absolute atomic E-state index is 9.10. The van der Waals surface area contributed by atoms with Crippen molar-refractivity contribution in [1.29, 1.82) is 5.26 Å². The van der Waals surface area contributed by atoms with Crippen LogP contribution in [0.1, 0.15) is 25.0 Å². The number of hydrogen-bond donors (Lipinski definition) is 0. The van der Waals surface area contributed by atoms with Crippen LogP contribution in [0.4, 0.5) is 0 Å². The van der Waals surface area contributed by atoms with Gasteiger partial charge in [-0.2, -0.15) is 5.26 Å². The fourth-order valence-corrected chi connectivity index (χ4v) is 1.92. The SMILES string of the molecule is CC(C)Cc1c(C#N)cnc2ccccc12. The number of pyridine rings is 1. The minimum atomic E-state index is 0.540. The van der Waals surface area contributed by atoms with E-state index in [1.165, 1.54) is 0 Å². The van der Waals surface area contributed by atoms with Crippen LogP contribution in [0.5, 0.6) is 0 Å². The highest BCUT2D eigenvalue weighted by molar-refractivity contribution is 5.83. The van der Waals surface area contributed by atoms with E-state index in [2.05, 4.69) is 24.9 Å². The van der Waals surface area contributed by atoms with Crippen molar-refractivity contribution in [3.05, 3.63) is 41.6 Å². The molecular weight excluding hydrogens is 196 g/mol. The van der Waals surface area contributed by atoms with Gasteiger partial charge in [0.15, 0.2) is 0 Å². The molecule has 0 fully saturated rings. The summed E-state index contributed by atoms with van der Waals surface area (Å²) in [6.07, 6.45) is 2.60. The number of fused-ring (bicyclic) bond motifs is 1. The Morgan fingerprint density at radius 3 is 2.75 bits per heavy atom. The molecule has 2 nitrogen and oxygen atoms in total. The molecule has 0 unspecified atom stereocenters. The second-order valence-corrected chi connectivity index (χ2v) is 4.38. The van der Waals surface area contributed by atoms with Crippen molar-refractivity contribution in [3.63, 3.8) is 0 Å². The van der Waals surface area contributed by atoms with Crippen LogP contribution < -0.4 is 0 Å². The Morgan fingerprint density at radius 2 is 2.06 bits per heavy atom. The van der Waals surface area contributed by atoms with Gasteiger partial charge < -0.3 is 0 Å². The maximum Gasteiger partial charge on any atom is 0.101 e. The Balaban J connectivity index is 2.69. The molecular formula is C14H14N2. The largest absolute Gasteiger partial charge is 0.255 e. The van der Waals surface area contributed by atoms with E-state index < -0.39 is 0 Å². The standard InChI is InChI=1S/C14H14N2/c1-10(2)7-13-11(8-15)9-16-14-6-4-3-5-12(13)14/h3-6,9-10H,7H2,1-2H3. The Morgan fingerprint density at radius 1 is 1.31 bits per heavy atom. The number of aromatic nitrogens is 1. The molecule has 0 amide bonds. The molecule has 2 aromatic rings. The molecule has 0 aliphatic heterocycles. The van der Waals surface area contributed by atoms with Gasteiger partial charge in [0.25, 0.3) is 0 Å². The van der Waals surface area contributed by atoms with Gasteiger partial charge >= 0.3 is 0 Å². The van der Waals surface area contributed by atoms with E-state index in [9.17, 15) is 0 Å². The summed E-state index contributed by atoms with van der Waals surface area (Å²) < 4.78 is 0. The average molecular weight is 210 g/mol. The van der Waals surface area contributed by atoms with Crippen LogP contribution in [0.25, 0.3) is 10.9 Å². The van der Waals surface area contributed by atoms with Crippen LogP contribution in [-0.2, 0) is 6.42 Å². The molecule has 0 radical (unpaired) electrons. The monoisotopic (exact) mass is 210 g/mol. The van der Waals surface area contributed by atoms with E-state index in [4.69, 9.17) is 5.26 Å². The predicted molar refractivity (Wildman–Crippen MR) is 65.0 cm³/mol. The molecule has 0 aliphatic carbocycles. The molecule has 1 heterocycles. The molecule has 1 aromatic carbocycles. The second kappa shape index (κ2) is 4.32. The Kier molecular flexibility index (Phi) is 2.87. The first kappa shape index (κ1) is 10.6. The third-order valence-corrected chi connectivity index (χ3v) is 2.62. The van der Waals surface area contributed by atoms with E-state index in [0.29, 0.717) is 11.5 Å². The van der Waals surface area contributed by atoms with Gasteiger partial charge in [-0.05, 0) is 24.0 Å². The van der Waals surface area contributed by atoms with Crippen LogP contribution in [0.2, 0.25) is 0 Å². The average Bonchev–Trinajstić information content (AvgIpc) is 2.29. The lowest BCUT2D eigenvalue weighted by molar-refractivity contribution is 0.649. The summed E-state index contributed by atoms with van der Waals surface area (Å²) in [5.41, 5.74) is 2.80. The van der Waals surface area contributed by atoms with Crippen LogP contribution >= 0.6 is 0 Å². The van der Waals surface area contributed by atoms with Crippen molar-refractivity contribution in [2.24, 2.45) is 5.92 Å². The van der Waals surface area contributed by atoms with E-state index in [-0.39, 0.29) is 0 Å². The second-order valence-electron chi connectivity index (χ2n) is 4.38. The zero-order chi connectivity index (χ0) is 11.5. The molecule has 2 rings (SSSR count). The van der Waals surface area contributed by atoms with Crippen LogP contribution in [0.3, 0.4) is 0 Å². The van der Waals surface area contributed by atoms with Crippen molar-refractivity contribution in [2.75, 3.05) is 0 Å². The third-order valence-electron chi connectivity index (χ3n) is 2.62. The van der Waals surface area contributed by atoms with Crippen LogP contribution in [-0.4, -0.2) is 4.98 Å². The molecule has 0 saturated carbocycles. The number of rotatable bonds is 2. The number of nitrogens with zero attached hydrogens (tertiary/aromatic N) is 2. The molecule has 0 aliphatic rings. The molecule has 0 N–H and O–H groups in total. The van der Waals surface area contributed by atoms with Crippen LogP contribution in [0.15, 0.2) is 30.5 Å². The van der Waals surface area contributed by atoms with Crippen molar-refractivity contribution >= 4 is 10.9 Å². The quantitative estimate of drug-likeness (QED) is 0.762. The zero-order valence-electron chi connectivity index (χ0n) is 9.57. The fraction of sp³-hybridized carbons (Fsp3) is 0.286. The number of nitriles is 1. The molecule has 0 atom stereocenters. The lowest BCUT2D eigenvalue weighted by Gasteiger charge is -2.10. The lowest BCUT2D eigenvalue weighted by atomic mass is 9.96. The maximum atomic E-state index is 9.10. The summed E-state index contributed by atoms with van der Waals surface area (Å²) in [5.74, 6) is 0.540.